The Morgan fingerprint density at radius 3 is 2.92 bits per heavy atom. The van der Waals surface area contributed by atoms with Crippen LogP contribution in [0.5, 0.6) is 0 Å². The molecule has 2 aliphatic rings. The highest BCUT2D eigenvalue weighted by Crippen LogP contribution is 2.36. The van der Waals surface area contributed by atoms with Crippen molar-refractivity contribution in [2.45, 2.75) is 25.8 Å². The van der Waals surface area contributed by atoms with Crippen LogP contribution in [0.3, 0.4) is 0 Å². The molecule has 1 N–H and O–H groups in total. The van der Waals surface area contributed by atoms with Gasteiger partial charge in [-0.1, -0.05) is 0 Å². The second-order valence-corrected chi connectivity index (χ2v) is 7.48. The number of fused-ring (bicyclic) bond motifs is 5. The number of rotatable bonds is 1. The standard InChI is InChI=1S/C20H20N4O2/c1-12(25)23-9-13-4-17(11-23)18-6-15(7-19(26)24(18)10-13)16-5-14-2-3-21-20(14)22-8-16/h2-3,5-8,13,17H,4,9-11H2,1H3,(H,21,22)/t13-,17+/m0/s1. The van der Waals surface area contributed by atoms with E-state index < -0.39 is 0 Å². The first-order valence-corrected chi connectivity index (χ1v) is 9.02. The molecule has 1 fully saturated rings. The third-order valence-corrected chi connectivity index (χ3v) is 5.74. The summed E-state index contributed by atoms with van der Waals surface area (Å²) in [5, 5.41) is 1.03. The van der Waals surface area contributed by atoms with E-state index in [1.54, 1.807) is 19.2 Å². The zero-order chi connectivity index (χ0) is 17.8. The zero-order valence-electron chi connectivity index (χ0n) is 14.6. The van der Waals surface area contributed by atoms with E-state index in [0.29, 0.717) is 19.0 Å². The number of hydrogen-bond acceptors (Lipinski definition) is 3. The van der Waals surface area contributed by atoms with Gasteiger partial charge >= 0.3 is 0 Å². The summed E-state index contributed by atoms with van der Waals surface area (Å²) in [6.07, 6.45) is 4.71. The molecule has 3 aromatic rings. The van der Waals surface area contributed by atoms with Gasteiger partial charge in [-0.2, -0.15) is 0 Å². The molecule has 1 saturated heterocycles. The van der Waals surface area contributed by atoms with Crippen LogP contribution in [0, 0.1) is 5.92 Å². The van der Waals surface area contributed by atoms with E-state index in [4.69, 9.17) is 0 Å². The number of H-pyrrole nitrogens is 1. The van der Waals surface area contributed by atoms with Crippen molar-refractivity contribution in [3.8, 4) is 11.1 Å². The van der Waals surface area contributed by atoms with Gasteiger partial charge < -0.3 is 14.5 Å². The summed E-state index contributed by atoms with van der Waals surface area (Å²) in [4.78, 5) is 34.1. The van der Waals surface area contributed by atoms with Crippen LogP contribution in [-0.4, -0.2) is 38.4 Å². The van der Waals surface area contributed by atoms with Crippen LogP contribution in [0.4, 0.5) is 0 Å². The van der Waals surface area contributed by atoms with Gasteiger partial charge in [-0.05, 0) is 36.1 Å². The topological polar surface area (TPSA) is 71.0 Å². The van der Waals surface area contributed by atoms with Crippen molar-refractivity contribution >= 4 is 16.9 Å². The molecule has 6 heteroatoms. The molecule has 2 bridgehead atoms. The Hall–Kier alpha value is -2.89. The van der Waals surface area contributed by atoms with Crippen LogP contribution >= 0.6 is 0 Å². The van der Waals surface area contributed by atoms with Crippen LogP contribution in [0.15, 0.2) is 41.5 Å². The summed E-state index contributed by atoms with van der Waals surface area (Å²) >= 11 is 0. The maximum Gasteiger partial charge on any atom is 0.251 e. The summed E-state index contributed by atoms with van der Waals surface area (Å²) in [6.45, 7) is 3.78. The first kappa shape index (κ1) is 15.4. The Labute approximate surface area is 150 Å². The molecule has 26 heavy (non-hydrogen) atoms. The lowest BCUT2D eigenvalue weighted by Gasteiger charge is -2.42. The normalized spacial score (nSPS) is 21.7. The molecule has 0 spiro atoms. The molecule has 1 amide bonds. The molecule has 5 rings (SSSR count). The number of amides is 1. The number of carbonyl (C=O) groups is 1. The number of piperidine rings is 1. The third kappa shape index (κ3) is 2.36. The Morgan fingerprint density at radius 1 is 1.19 bits per heavy atom. The summed E-state index contributed by atoms with van der Waals surface area (Å²) in [7, 11) is 0. The fourth-order valence-corrected chi connectivity index (χ4v) is 4.48. The molecule has 6 nitrogen and oxygen atoms in total. The average Bonchev–Trinajstić information content (AvgIpc) is 3.10. The van der Waals surface area contributed by atoms with E-state index in [9.17, 15) is 9.59 Å². The Balaban J connectivity index is 1.60. The Bertz CT molecular complexity index is 1080. The van der Waals surface area contributed by atoms with E-state index in [0.717, 1.165) is 40.8 Å². The van der Waals surface area contributed by atoms with Gasteiger partial charge in [-0.15, -0.1) is 0 Å². The number of carbonyl (C=O) groups excluding carboxylic acids is 1. The number of nitrogens with zero attached hydrogens (tertiary/aromatic N) is 3. The second kappa shape index (κ2) is 5.56. The van der Waals surface area contributed by atoms with Crippen LogP contribution in [0.1, 0.15) is 25.0 Å². The van der Waals surface area contributed by atoms with Gasteiger partial charge in [-0.3, -0.25) is 9.59 Å². The predicted octanol–water partition coefficient (Wildman–Crippen LogP) is 2.36. The maximum atomic E-state index is 12.8. The fraction of sp³-hybridized carbons (Fsp3) is 0.350. The van der Waals surface area contributed by atoms with Crippen molar-refractivity contribution in [2.24, 2.45) is 5.92 Å². The minimum Gasteiger partial charge on any atom is -0.346 e. The van der Waals surface area contributed by atoms with Crippen LogP contribution in [-0.2, 0) is 11.3 Å². The SMILES string of the molecule is CC(=O)N1C[C@@H]2C[C@H](C1)c1cc(-c3cnc4[nH]ccc4c3)cc(=O)n1C2. The molecule has 2 aliphatic heterocycles. The molecule has 0 radical (unpaired) electrons. The average molecular weight is 348 g/mol. The highest BCUT2D eigenvalue weighted by molar-refractivity contribution is 5.81. The number of nitrogens with one attached hydrogen (secondary N) is 1. The van der Waals surface area contributed by atoms with Gasteiger partial charge in [0.15, 0.2) is 0 Å². The van der Waals surface area contributed by atoms with E-state index in [1.165, 1.54) is 0 Å². The quantitative estimate of drug-likeness (QED) is 0.734. The summed E-state index contributed by atoms with van der Waals surface area (Å²) < 4.78 is 1.90. The lowest BCUT2D eigenvalue weighted by atomic mass is 9.82. The number of aromatic nitrogens is 3. The third-order valence-electron chi connectivity index (χ3n) is 5.74. The van der Waals surface area contributed by atoms with Crippen LogP contribution in [0.2, 0.25) is 0 Å². The van der Waals surface area contributed by atoms with Crippen molar-refractivity contribution in [3.63, 3.8) is 0 Å². The fourth-order valence-electron chi connectivity index (χ4n) is 4.48. The van der Waals surface area contributed by atoms with Crippen LogP contribution < -0.4 is 5.56 Å². The number of hydrogen-bond donors (Lipinski definition) is 1. The first-order chi connectivity index (χ1) is 12.6. The van der Waals surface area contributed by atoms with Gasteiger partial charge in [0, 0.05) is 67.6 Å². The molecule has 132 valence electrons. The molecule has 0 aliphatic carbocycles. The van der Waals surface area contributed by atoms with Gasteiger partial charge in [0.1, 0.15) is 5.65 Å². The molecular formula is C20H20N4O2. The Kier molecular flexibility index (Phi) is 3.29. The van der Waals surface area contributed by atoms with Crippen molar-refractivity contribution in [2.75, 3.05) is 13.1 Å². The van der Waals surface area contributed by atoms with Crippen molar-refractivity contribution < 1.29 is 4.79 Å². The smallest absolute Gasteiger partial charge is 0.251 e. The highest BCUT2D eigenvalue weighted by atomic mass is 16.2. The molecule has 0 aromatic carbocycles. The second-order valence-electron chi connectivity index (χ2n) is 7.48. The number of likely N-dealkylation sites (tertiary alicyclic amines) is 1. The van der Waals surface area contributed by atoms with Gasteiger partial charge in [0.2, 0.25) is 5.91 Å². The number of aromatic amines is 1. The van der Waals surface area contributed by atoms with E-state index in [2.05, 4.69) is 22.1 Å². The van der Waals surface area contributed by atoms with E-state index in [-0.39, 0.29) is 17.4 Å². The molecule has 0 unspecified atom stereocenters. The van der Waals surface area contributed by atoms with Crippen molar-refractivity contribution in [3.05, 3.63) is 52.7 Å². The predicted molar refractivity (Wildman–Crippen MR) is 98.9 cm³/mol. The minimum atomic E-state index is 0.0395. The first-order valence-electron chi connectivity index (χ1n) is 9.02. The summed E-state index contributed by atoms with van der Waals surface area (Å²) in [5.41, 5.74) is 3.77. The molecule has 5 heterocycles. The zero-order valence-corrected chi connectivity index (χ0v) is 14.6. The van der Waals surface area contributed by atoms with Crippen molar-refractivity contribution in [1.29, 1.82) is 0 Å². The highest BCUT2D eigenvalue weighted by Gasteiger charge is 2.35. The van der Waals surface area contributed by atoms with Crippen LogP contribution in [0.25, 0.3) is 22.2 Å². The van der Waals surface area contributed by atoms with E-state index >= 15 is 0 Å². The van der Waals surface area contributed by atoms with Gasteiger partial charge in [-0.25, -0.2) is 4.98 Å². The molecule has 2 atom stereocenters. The largest absolute Gasteiger partial charge is 0.346 e. The summed E-state index contributed by atoms with van der Waals surface area (Å²) in [6, 6.07) is 7.86. The molecule has 0 saturated carbocycles. The number of pyridine rings is 2. The van der Waals surface area contributed by atoms with Gasteiger partial charge in [0.25, 0.3) is 5.56 Å². The summed E-state index contributed by atoms with van der Waals surface area (Å²) in [5.74, 6) is 0.711. The van der Waals surface area contributed by atoms with Gasteiger partial charge in [0.05, 0.1) is 0 Å². The Morgan fingerprint density at radius 2 is 2.08 bits per heavy atom. The lowest BCUT2D eigenvalue weighted by molar-refractivity contribution is -0.131. The van der Waals surface area contributed by atoms with Crippen molar-refractivity contribution in [1.82, 2.24) is 19.4 Å². The lowest BCUT2D eigenvalue weighted by Crippen LogP contribution is -2.48. The molecule has 3 aromatic heterocycles. The monoisotopic (exact) mass is 348 g/mol. The minimum absolute atomic E-state index is 0.0395. The van der Waals surface area contributed by atoms with E-state index in [1.807, 2.05) is 21.7 Å². The maximum absolute atomic E-state index is 12.8. The molecular weight excluding hydrogens is 328 g/mol.